The van der Waals surface area contributed by atoms with E-state index in [4.69, 9.17) is 9.84 Å². The lowest BCUT2D eigenvalue weighted by atomic mass is 9.82. The molecular weight excluding hydrogens is 520 g/mol. The highest BCUT2D eigenvalue weighted by molar-refractivity contribution is 5.98. The Hall–Kier alpha value is -3.19. The zero-order valence-corrected chi connectivity index (χ0v) is 24.5. The second-order valence-electron chi connectivity index (χ2n) is 11.2. The lowest BCUT2D eigenvalue weighted by Crippen LogP contribution is -2.15. The molecule has 1 atom stereocenters. The SMILES string of the molecule is CCCc1c(CCCC(O)CCc2cccc(OCCCCCC(=O)O)c2CCC(=O)O)ccc2c1CCCC2=O. The Labute approximate surface area is 243 Å². The van der Waals surface area contributed by atoms with E-state index in [1.54, 1.807) is 0 Å². The number of unbranched alkanes of at least 4 members (excludes halogenated alkanes) is 2. The van der Waals surface area contributed by atoms with Crippen molar-refractivity contribution in [2.45, 2.75) is 116 Å². The first-order valence-corrected chi connectivity index (χ1v) is 15.3. The molecule has 3 rings (SSSR count). The number of ether oxygens (including phenoxy) is 1. The number of aliphatic carboxylic acids is 2. The molecule has 0 fully saturated rings. The molecule has 0 aliphatic heterocycles. The van der Waals surface area contributed by atoms with Gasteiger partial charge in [0, 0.05) is 24.8 Å². The molecule has 1 unspecified atom stereocenters. The van der Waals surface area contributed by atoms with Gasteiger partial charge in [0.15, 0.2) is 5.78 Å². The van der Waals surface area contributed by atoms with Crippen molar-refractivity contribution in [2.24, 2.45) is 0 Å². The van der Waals surface area contributed by atoms with Crippen molar-refractivity contribution in [3.63, 3.8) is 0 Å². The van der Waals surface area contributed by atoms with Crippen LogP contribution in [-0.4, -0.2) is 45.8 Å². The second kappa shape index (κ2) is 16.9. The summed E-state index contributed by atoms with van der Waals surface area (Å²) in [5.41, 5.74) is 6.67. The zero-order valence-electron chi connectivity index (χ0n) is 24.5. The predicted octanol–water partition coefficient (Wildman–Crippen LogP) is 6.52. The summed E-state index contributed by atoms with van der Waals surface area (Å²) in [6.45, 7) is 2.62. The van der Waals surface area contributed by atoms with Crippen LogP contribution < -0.4 is 4.74 Å². The van der Waals surface area contributed by atoms with Crippen molar-refractivity contribution in [2.75, 3.05) is 6.61 Å². The number of ketones is 1. The van der Waals surface area contributed by atoms with Crippen LogP contribution in [0, 0.1) is 0 Å². The molecule has 0 heterocycles. The van der Waals surface area contributed by atoms with Crippen molar-refractivity contribution >= 4 is 17.7 Å². The van der Waals surface area contributed by atoms with E-state index in [1.807, 2.05) is 24.3 Å². The molecule has 7 nitrogen and oxygen atoms in total. The number of aliphatic hydroxyl groups is 1. The van der Waals surface area contributed by atoms with Crippen LogP contribution in [0.15, 0.2) is 30.3 Å². The molecule has 0 saturated carbocycles. The minimum Gasteiger partial charge on any atom is -0.493 e. The molecule has 0 radical (unpaired) electrons. The number of aliphatic hydroxyl groups excluding tert-OH is 1. The van der Waals surface area contributed by atoms with E-state index in [0.717, 1.165) is 68.1 Å². The van der Waals surface area contributed by atoms with Gasteiger partial charge in [-0.3, -0.25) is 14.4 Å². The van der Waals surface area contributed by atoms with Gasteiger partial charge in [0.2, 0.25) is 0 Å². The Bertz CT molecular complexity index is 1170. The van der Waals surface area contributed by atoms with Crippen LogP contribution in [-0.2, 0) is 41.7 Å². The fraction of sp³-hybridized carbons (Fsp3) is 0.559. The molecule has 2 aromatic carbocycles. The molecule has 224 valence electrons. The number of hydrogen-bond donors (Lipinski definition) is 3. The Morgan fingerprint density at radius 3 is 2.37 bits per heavy atom. The Balaban J connectivity index is 1.55. The minimum atomic E-state index is -0.867. The first-order chi connectivity index (χ1) is 19.8. The van der Waals surface area contributed by atoms with Crippen LogP contribution in [0.1, 0.15) is 116 Å². The molecule has 7 heteroatoms. The van der Waals surface area contributed by atoms with Gasteiger partial charge in [0.1, 0.15) is 5.75 Å². The summed E-state index contributed by atoms with van der Waals surface area (Å²) < 4.78 is 5.99. The van der Waals surface area contributed by atoms with E-state index in [9.17, 15) is 24.6 Å². The van der Waals surface area contributed by atoms with Gasteiger partial charge in [-0.2, -0.15) is 0 Å². The Morgan fingerprint density at radius 2 is 1.61 bits per heavy atom. The topological polar surface area (TPSA) is 121 Å². The Kier molecular flexibility index (Phi) is 13.3. The number of carboxylic acid groups (broad SMARTS) is 2. The van der Waals surface area contributed by atoms with Crippen LogP contribution in [0.25, 0.3) is 0 Å². The standard InChI is InChI=1S/C34H46O7/c1-2-9-27-24(18-20-30-29(27)13-8-14-31(30)36)10-6-12-26(35)19-17-25-11-7-15-32(28(25)21-22-34(39)40)41-23-5-3-4-16-33(37)38/h7,11,15,18,20,26,35H,2-6,8-10,12-14,16-17,19,21-23H2,1H3,(H,37,38)(H,39,40). The van der Waals surface area contributed by atoms with Gasteiger partial charge in [0.05, 0.1) is 12.7 Å². The summed E-state index contributed by atoms with van der Waals surface area (Å²) in [6, 6.07) is 9.86. The van der Waals surface area contributed by atoms with E-state index in [1.165, 1.54) is 16.7 Å². The smallest absolute Gasteiger partial charge is 0.303 e. The molecule has 0 aromatic heterocycles. The molecule has 0 bridgehead atoms. The molecule has 2 aromatic rings. The van der Waals surface area contributed by atoms with E-state index in [-0.39, 0.29) is 18.6 Å². The highest BCUT2D eigenvalue weighted by Crippen LogP contribution is 2.30. The van der Waals surface area contributed by atoms with Gasteiger partial charge in [-0.25, -0.2) is 0 Å². The summed E-state index contributed by atoms with van der Waals surface area (Å²) >= 11 is 0. The highest BCUT2D eigenvalue weighted by atomic mass is 16.5. The van der Waals surface area contributed by atoms with Gasteiger partial charge in [-0.1, -0.05) is 37.6 Å². The third-order valence-corrected chi connectivity index (χ3v) is 8.00. The van der Waals surface area contributed by atoms with Crippen molar-refractivity contribution in [1.82, 2.24) is 0 Å². The van der Waals surface area contributed by atoms with Crippen LogP contribution >= 0.6 is 0 Å². The van der Waals surface area contributed by atoms with Gasteiger partial charge in [0.25, 0.3) is 0 Å². The number of carbonyl (C=O) groups is 3. The summed E-state index contributed by atoms with van der Waals surface area (Å²) in [5.74, 6) is -0.730. The number of carbonyl (C=O) groups excluding carboxylic acids is 1. The van der Waals surface area contributed by atoms with E-state index < -0.39 is 18.0 Å². The molecule has 3 N–H and O–H groups in total. The van der Waals surface area contributed by atoms with Gasteiger partial charge in [-0.15, -0.1) is 0 Å². The number of rotatable bonds is 19. The van der Waals surface area contributed by atoms with E-state index in [0.29, 0.717) is 50.9 Å². The third kappa shape index (κ3) is 10.3. The normalized spacial score (nSPS) is 13.6. The predicted molar refractivity (Wildman–Crippen MR) is 159 cm³/mol. The maximum absolute atomic E-state index is 12.4. The number of aryl methyl sites for hydroxylation is 2. The number of fused-ring (bicyclic) bond motifs is 1. The van der Waals surface area contributed by atoms with Gasteiger partial charge >= 0.3 is 11.9 Å². The van der Waals surface area contributed by atoms with Crippen molar-refractivity contribution in [3.8, 4) is 5.75 Å². The van der Waals surface area contributed by atoms with Crippen LogP contribution in [0.5, 0.6) is 5.75 Å². The third-order valence-electron chi connectivity index (χ3n) is 8.00. The lowest BCUT2D eigenvalue weighted by Gasteiger charge is -2.22. The number of hydrogen-bond acceptors (Lipinski definition) is 5. The van der Waals surface area contributed by atoms with Crippen LogP contribution in [0.4, 0.5) is 0 Å². The summed E-state index contributed by atoms with van der Waals surface area (Å²) in [5, 5.41) is 28.9. The number of carboxylic acids is 2. The quantitative estimate of drug-likeness (QED) is 0.166. The largest absolute Gasteiger partial charge is 0.493 e. The fourth-order valence-corrected chi connectivity index (χ4v) is 5.87. The number of benzene rings is 2. The van der Waals surface area contributed by atoms with Gasteiger partial charge < -0.3 is 20.1 Å². The average Bonchev–Trinajstić information content (AvgIpc) is 2.94. The number of Topliss-reactive ketones (excluding diaryl/α,β-unsaturated/α-hetero) is 1. The van der Waals surface area contributed by atoms with Crippen molar-refractivity contribution in [3.05, 3.63) is 63.7 Å². The lowest BCUT2D eigenvalue weighted by molar-refractivity contribution is -0.138. The summed E-state index contributed by atoms with van der Waals surface area (Å²) in [7, 11) is 0. The summed E-state index contributed by atoms with van der Waals surface area (Å²) in [4.78, 5) is 34.4. The molecule has 0 amide bonds. The van der Waals surface area contributed by atoms with E-state index >= 15 is 0 Å². The highest BCUT2D eigenvalue weighted by Gasteiger charge is 2.21. The van der Waals surface area contributed by atoms with Crippen LogP contribution in [0.2, 0.25) is 0 Å². The molecule has 0 spiro atoms. The maximum Gasteiger partial charge on any atom is 0.303 e. The molecule has 1 aliphatic carbocycles. The molecule has 1 aliphatic rings. The van der Waals surface area contributed by atoms with Crippen molar-refractivity contribution in [1.29, 1.82) is 0 Å². The van der Waals surface area contributed by atoms with Gasteiger partial charge in [-0.05, 0) is 111 Å². The minimum absolute atomic E-state index is 0.000999. The van der Waals surface area contributed by atoms with Crippen molar-refractivity contribution < 1.29 is 34.4 Å². The Morgan fingerprint density at radius 1 is 0.829 bits per heavy atom. The molecular formula is C34H46O7. The van der Waals surface area contributed by atoms with E-state index in [2.05, 4.69) is 13.0 Å². The average molecular weight is 567 g/mol. The monoisotopic (exact) mass is 566 g/mol. The zero-order chi connectivity index (χ0) is 29.6. The summed E-state index contributed by atoms with van der Waals surface area (Å²) in [6.07, 6.45) is 10.3. The fourth-order valence-electron chi connectivity index (χ4n) is 5.87. The maximum atomic E-state index is 12.4. The first kappa shape index (κ1) is 32.3. The van der Waals surface area contributed by atoms with Crippen LogP contribution in [0.3, 0.4) is 0 Å². The molecule has 0 saturated heterocycles. The first-order valence-electron chi connectivity index (χ1n) is 15.3. The molecule has 41 heavy (non-hydrogen) atoms. The second-order valence-corrected chi connectivity index (χ2v) is 11.2.